The maximum Gasteiger partial charge on any atom is 0.157 e. The van der Waals surface area contributed by atoms with E-state index in [4.69, 9.17) is 9.47 Å². The molecule has 2 aliphatic heterocycles. The van der Waals surface area contributed by atoms with E-state index in [2.05, 4.69) is 0 Å². The van der Waals surface area contributed by atoms with Crippen LogP contribution in [0.25, 0.3) is 0 Å². The van der Waals surface area contributed by atoms with Gasteiger partial charge in [-0.3, -0.25) is 0 Å². The lowest BCUT2D eigenvalue weighted by atomic mass is 9.78. The molecule has 0 spiro atoms. The van der Waals surface area contributed by atoms with Crippen LogP contribution >= 0.6 is 0 Å². The molecule has 212 valence electrons. The molecule has 0 fully saturated rings. The van der Waals surface area contributed by atoms with Gasteiger partial charge in [0.2, 0.25) is 0 Å². The van der Waals surface area contributed by atoms with Crippen LogP contribution in [0, 0.1) is 0 Å². The van der Waals surface area contributed by atoms with Gasteiger partial charge < -0.3 is 55.4 Å². The Bertz CT molecular complexity index is 1670. The zero-order chi connectivity index (χ0) is 29.2. The Morgan fingerprint density at radius 1 is 0.585 bits per heavy atom. The van der Waals surface area contributed by atoms with Crippen molar-refractivity contribution >= 4 is 0 Å². The van der Waals surface area contributed by atoms with Crippen molar-refractivity contribution in [2.24, 2.45) is 0 Å². The maximum atomic E-state index is 11.6. The fraction of sp³-hybridized carbons (Fsp3) is 0.200. The van der Waals surface area contributed by atoms with Crippen molar-refractivity contribution in [1.82, 2.24) is 0 Å². The van der Waals surface area contributed by atoms with Crippen LogP contribution in [-0.4, -0.2) is 58.2 Å². The van der Waals surface area contributed by atoms with Crippen LogP contribution in [0.2, 0.25) is 0 Å². The molecule has 5 unspecified atom stereocenters. The zero-order valence-electron chi connectivity index (χ0n) is 21.2. The molecule has 5 atom stereocenters. The highest BCUT2D eigenvalue weighted by Crippen LogP contribution is 2.55. The second-order valence-electron chi connectivity index (χ2n) is 10.2. The molecule has 11 heteroatoms. The van der Waals surface area contributed by atoms with Gasteiger partial charge >= 0.3 is 0 Å². The van der Waals surface area contributed by atoms with E-state index in [1.54, 1.807) is 0 Å². The predicted molar refractivity (Wildman–Crippen MR) is 142 cm³/mol. The number of ether oxygens (including phenoxy) is 2. The highest BCUT2D eigenvalue weighted by Gasteiger charge is 2.44. The monoisotopic (exact) mass is 562 g/mol. The lowest BCUT2D eigenvalue weighted by Gasteiger charge is -2.40. The molecule has 0 saturated heterocycles. The Kier molecular flexibility index (Phi) is 6.13. The Hall–Kier alpha value is -5.00. The summed E-state index contributed by atoms with van der Waals surface area (Å²) < 4.78 is 12.2. The summed E-state index contributed by atoms with van der Waals surface area (Å²) in [7, 11) is 0. The molecule has 11 nitrogen and oxygen atoms in total. The molecule has 0 radical (unpaired) electrons. The maximum absolute atomic E-state index is 11.6. The Labute approximate surface area is 232 Å². The van der Waals surface area contributed by atoms with Crippen molar-refractivity contribution in [2.45, 2.75) is 36.8 Å². The van der Waals surface area contributed by atoms with E-state index in [-0.39, 0.29) is 63.4 Å². The molecule has 0 saturated carbocycles. The largest absolute Gasteiger partial charge is 0.508 e. The van der Waals surface area contributed by atoms with Gasteiger partial charge in [-0.05, 0) is 47.5 Å². The van der Waals surface area contributed by atoms with E-state index in [1.807, 2.05) is 0 Å². The normalized spacial score (nSPS) is 23.1. The number of aliphatic hydroxyl groups excluding tert-OH is 2. The van der Waals surface area contributed by atoms with Gasteiger partial charge in [0.25, 0.3) is 0 Å². The minimum atomic E-state index is -1.44. The van der Waals surface area contributed by atoms with Gasteiger partial charge in [0.05, 0.1) is 6.10 Å². The van der Waals surface area contributed by atoms with Crippen LogP contribution < -0.4 is 9.47 Å². The summed E-state index contributed by atoms with van der Waals surface area (Å²) in [5, 5.41) is 94.1. The summed E-state index contributed by atoms with van der Waals surface area (Å²) in [6.07, 6.45) is -4.86. The molecule has 41 heavy (non-hydrogen) atoms. The van der Waals surface area contributed by atoms with Crippen molar-refractivity contribution in [3.05, 3.63) is 88.5 Å². The SMILES string of the molecule is Oc1ccc(C2Oc3cc4c(c(O)c3C(c3ccc(O)c(O)c3)C2O)CC(O)C(c2ccc(O)c(O)c2)O4)c(O)c1. The first-order chi connectivity index (χ1) is 19.5. The number of benzene rings is 4. The molecule has 0 aliphatic carbocycles. The smallest absolute Gasteiger partial charge is 0.157 e. The number of aromatic hydroxyl groups is 7. The van der Waals surface area contributed by atoms with Crippen molar-refractivity contribution in [1.29, 1.82) is 0 Å². The summed E-state index contributed by atoms with van der Waals surface area (Å²) in [6.45, 7) is 0. The van der Waals surface area contributed by atoms with Crippen LogP contribution in [0.5, 0.6) is 51.7 Å². The molecular formula is C30H26O11. The Morgan fingerprint density at radius 2 is 1.22 bits per heavy atom. The molecule has 2 heterocycles. The Morgan fingerprint density at radius 3 is 1.88 bits per heavy atom. The van der Waals surface area contributed by atoms with Crippen LogP contribution in [0.15, 0.2) is 60.7 Å². The second-order valence-corrected chi connectivity index (χ2v) is 10.2. The molecule has 4 aromatic rings. The summed E-state index contributed by atoms with van der Waals surface area (Å²) in [4.78, 5) is 0. The fourth-order valence-corrected chi connectivity index (χ4v) is 5.59. The molecule has 6 rings (SSSR count). The average Bonchev–Trinajstić information content (AvgIpc) is 2.92. The molecular weight excluding hydrogens is 536 g/mol. The van der Waals surface area contributed by atoms with Gasteiger partial charge in [-0.2, -0.15) is 0 Å². The highest BCUT2D eigenvalue weighted by atomic mass is 16.5. The molecule has 4 aromatic carbocycles. The number of fused-ring (bicyclic) bond motifs is 2. The molecule has 0 amide bonds. The van der Waals surface area contributed by atoms with E-state index in [0.717, 1.165) is 6.07 Å². The first-order valence-electron chi connectivity index (χ1n) is 12.7. The number of phenols is 7. The highest BCUT2D eigenvalue weighted by molar-refractivity contribution is 5.63. The second kappa shape index (κ2) is 9.58. The predicted octanol–water partition coefficient (Wildman–Crippen LogP) is 3.29. The topological polar surface area (TPSA) is 201 Å². The Balaban J connectivity index is 1.50. The first-order valence-corrected chi connectivity index (χ1v) is 12.7. The third kappa shape index (κ3) is 4.31. The molecule has 0 bridgehead atoms. The lowest BCUT2D eigenvalue weighted by Crippen LogP contribution is -2.36. The van der Waals surface area contributed by atoms with Crippen LogP contribution in [0.3, 0.4) is 0 Å². The third-order valence-corrected chi connectivity index (χ3v) is 7.61. The van der Waals surface area contributed by atoms with E-state index < -0.39 is 41.8 Å². The van der Waals surface area contributed by atoms with E-state index >= 15 is 0 Å². The quantitative estimate of drug-likeness (QED) is 0.166. The molecule has 9 N–H and O–H groups in total. The number of aliphatic hydroxyl groups is 2. The van der Waals surface area contributed by atoms with Crippen molar-refractivity contribution in [3.8, 4) is 51.7 Å². The number of hydrogen-bond donors (Lipinski definition) is 9. The summed E-state index contributed by atoms with van der Waals surface area (Å²) in [6, 6.07) is 13.2. The van der Waals surface area contributed by atoms with E-state index in [0.29, 0.717) is 11.1 Å². The zero-order valence-corrected chi connectivity index (χ0v) is 21.2. The lowest BCUT2D eigenvalue weighted by molar-refractivity contribution is 0.00254. The number of hydrogen-bond acceptors (Lipinski definition) is 11. The third-order valence-electron chi connectivity index (χ3n) is 7.61. The van der Waals surface area contributed by atoms with Crippen molar-refractivity contribution < 1.29 is 55.4 Å². The van der Waals surface area contributed by atoms with Gasteiger partial charge in [0, 0.05) is 41.2 Å². The molecule has 0 aromatic heterocycles. The van der Waals surface area contributed by atoms with Gasteiger partial charge in [-0.1, -0.05) is 12.1 Å². The van der Waals surface area contributed by atoms with Crippen LogP contribution in [0.1, 0.15) is 45.9 Å². The first kappa shape index (κ1) is 26.2. The standard InChI is InChI=1S/C30H26O11/c31-14-3-4-15(19(34)9-14)30-28(39)25(12-1-5-17(32)20(35)7-12)26-24(41-30)11-23-16(27(26)38)10-22(37)29(40-23)13-2-6-18(33)21(36)8-13/h1-9,11,22,25,28-39H,10H2. The van der Waals surface area contributed by atoms with E-state index in [1.165, 1.54) is 54.6 Å². The van der Waals surface area contributed by atoms with Gasteiger partial charge in [-0.25, -0.2) is 0 Å². The number of rotatable bonds is 3. The van der Waals surface area contributed by atoms with Gasteiger partial charge in [0.1, 0.15) is 41.0 Å². The van der Waals surface area contributed by atoms with Gasteiger partial charge in [-0.15, -0.1) is 0 Å². The minimum absolute atomic E-state index is 0.0743. The van der Waals surface area contributed by atoms with Crippen LogP contribution in [0.4, 0.5) is 0 Å². The summed E-state index contributed by atoms with van der Waals surface area (Å²) in [5.74, 6) is -3.28. The van der Waals surface area contributed by atoms with Crippen molar-refractivity contribution in [3.63, 3.8) is 0 Å². The van der Waals surface area contributed by atoms with Crippen LogP contribution in [-0.2, 0) is 6.42 Å². The fourth-order valence-electron chi connectivity index (χ4n) is 5.59. The summed E-state index contributed by atoms with van der Waals surface area (Å²) in [5.41, 5.74) is 1.18. The van der Waals surface area contributed by atoms with E-state index in [9.17, 15) is 46.0 Å². The van der Waals surface area contributed by atoms with Gasteiger partial charge in [0.15, 0.2) is 29.1 Å². The number of phenolic OH excluding ortho intramolecular Hbond substituents is 7. The van der Waals surface area contributed by atoms with Crippen molar-refractivity contribution in [2.75, 3.05) is 0 Å². The summed E-state index contributed by atoms with van der Waals surface area (Å²) >= 11 is 0. The average molecular weight is 563 g/mol. The minimum Gasteiger partial charge on any atom is -0.508 e. The molecule has 2 aliphatic rings.